The van der Waals surface area contributed by atoms with Crippen LogP contribution in [-0.4, -0.2) is 69.1 Å². The Hall–Kier alpha value is -4.04. The highest BCUT2D eigenvalue weighted by atomic mass is 32.2. The standard InChI is InChI=1S/C33H43N3O7S/c1-7-41-31(37)23-44(39,40)36(17-9-12-25-10-8-11-26(20-25)22-34)27-13-14-30(29(21-27)24(2)3)42-28-15-18-35(19-16-28)32(38)43-33(4,5)6/h8-14,20-21,24,28H,7,15-19,23H2,1-6H3. The van der Waals surface area contributed by atoms with E-state index in [0.717, 1.165) is 11.1 Å². The first kappa shape index (κ1) is 34.5. The first-order valence-corrected chi connectivity index (χ1v) is 16.4. The van der Waals surface area contributed by atoms with E-state index >= 15 is 0 Å². The van der Waals surface area contributed by atoms with E-state index in [1.54, 1.807) is 60.4 Å². The normalized spacial score (nSPS) is 14.4. The van der Waals surface area contributed by atoms with Crippen molar-refractivity contribution in [2.45, 2.75) is 72.0 Å². The van der Waals surface area contributed by atoms with E-state index in [1.165, 1.54) is 4.31 Å². The molecule has 0 radical (unpaired) electrons. The number of carbonyl (C=O) groups excluding carboxylic acids is 2. The lowest BCUT2D eigenvalue weighted by molar-refractivity contribution is -0.139. The fraction of sp³-hybridized carbons (Fsp3) is 0.485. The third-order valence-electron chi connectivity index (χ3n) is 6.83. The van der Waals surface area contributed by atoms with Gasteiger partial charge in [-0.05, 0) is 75.1 Å². The molecule has 2 aromatic rings. The second-order valence-electron chi connectivity index (χ2n) is 11.9. The van der Waals surface area contributed by atoms with E-state index in [2.05, 4.69) is 6.07 Å². The van der Waals surface area contributed by atoms with E-state index in [4.69, 9.17) is 14.2 Å². The van der Waals surface area contributed by atoms with Gasteiger partial charge in [0.15, 0.2) is 5.75 Å². The number of rotatable bonds is 11. The fourth-order valence-corrected chi connectivity index (χ4v) is 6.00. The zero-order chi connectivity index (χ0) is 32.5. The summed E-state index contributed by atoms with van der Waals surface area (Å²) in [5.41, 5.74) is 1.89. The molecule has 0 unspecified atom stereocenters. The van der Waals surface area contributed by atoms with Gasteiger partial charge in [-0.3, -0.25) is 9.10 Å². The first-order chi connectivity index (χ1) is 20.7. The molecule has 238 valence electrons. The largest absolute Gasteiger partial charge is 0.490 e. The molecule has 1 amide bonds. The Morgan fingerprint density at radius 1 is 1.14 bits per heavy atom. The van der Waals surface area contributed by atoms with Crippen molar-refractivity contribution in [1.29, 1.82) is 5.26 Å². The maximum absolute atomic E-state index is 13.5. The quantitative estimate of drug-likeness (QED) is 0.284. The Labute approximate surface area is 261 Å². The molecule has 0 bridgehead atoms. The molecule has 1 saturated heterocycles. The Balaban J connectivity index is 1.84. The van der Waals surface area contributed by atoms with Crippen LogP contribution in [0, 0.1) is 11.3 Å². The minimum Gasteiger partial charge on any atom is -0.490 e. The average Bonchev–Trinajstić information content (AvgIpc) is 2.95. The Kier molecular flexibility index (Phi) is 11.8. The van der Waals surface area contributed by atoms with Gasteiger partial charge >= 0.3 is 12.1 Å². The zero-order valence-electron chi connectivity index (χ0n) is 26.4. The summed E-state index contributed by atoms with van der Waals surface area (Å²) in [5, 5.41) is 9.19. The molecule has 0 spiro atoms. The van der Waals surface area contributed by atoms with Crippen LogP contribution in [0.5, 0.6) is 5.75 Å². The molecule has 1 fully saturated rings. The van der Waals surface area contributed by atoms with E-state index in [1.807, 2.05) is 40.7 Å². The molecule has 11 heteroatoms. The highest BCUT2D eigenvalue weighted by molar-refractivity contribution is 7.93. The van der Waals surface area contributed by atoms with E-state index in [-0.39, 0.29) is 31.3 Å². The van der Waals surface area contributed by atoms with Gasteiger partial charge in [0.25, 0.3) is 0 Å². The zero-order valence-corrected chi connectivity index (χ0v) is 27.2. The molecule has 1 aliphatic heterocycles. The summed E-state index contributed by atoms with van der Waals surface area (Å²) in [6.45, 7) is 12.2. The number of nitriles is 1. The van der Waals surface area contributed by atoms with Gasteiger partial charge in [-0.15, -0.1) is 0 Å². The highest BCUT2D eigenvalue weighted by Gasteiger charge is 2.30. The van der Waals surface area contributed by atoms with E-state index in [9.17, 15) is 23.3 Å². The lowest BCUT2D eigenvalue weighted by atomic mass is 10.0. The van der Waals surface area contributed by atoms with E-state index < -0.39 is 27.3 Å². The predicted molar refractivity (Wildman–Crippen MR) is 170 cm³/mol. The molecular formula is C33H43N3O7S. The second-order valence-corrected chi connectivity index (χ2v) is 13.8. The van der Waals surface area contributed by atoms with Gasteiger partial charge in [-0.1, -0.05) is 38.1 Å². The number of hydrogen-bond acceptors (Lipinski definition) is 8. The van der Waals surface area contributed by atoms with Crippen molar-refractivity contribution >= 4 is 33.8 Å². The minimum absolute atomic E-state index is 0.00526. The van der Waals surface area contributed by atoms with Gasteiger partial charge < -0.3 is 19.1 Å². The summed E-state index contributed by atoms with van der Waals surface area (Å²) < 4.78 is 45.0. The highest BCUT2D eigenvalue weighted by Crippen LogP contribution is 2.34. The molecule has 0 atom stereocenters. The predicted octanol–water partition coefficient (Wildman–Crippen LogP) is 5.87. The minimum atomic E-state index is -4.11. The van der Waals surface area contributed by atoms with Crippen LogP contribution >= 0.6 is 0 Å². The molecule has 1 heterocycles. The molecule has 44 heavy (non-hydrogen) atoms. The Morgan fingerprint density at radius 3 is 2.45 bits per heavy atom. The summed E-state index contributed by atoms with van der Waals surface area (Å²) in [5.74, 6) is -0.980. The van der Waals surface area contributed by atoms with Crippen molar-refractivity contribution in [2.24, 2.45) is 0 Å². The van der Waals surface area contributed by atoms with Crippen molar-refractivity contribution in [3.05, 3.63) is 65.2 Å². The van der Waals surface area contributed by atoms with Crippen molar-refractivity contribution in [3.8, 4) is 11.8 Å². The third-order valence-corrected chi connectivity index (χ3v) is 8.46. The molecule has 0 aromatic heterocycles. The number of likely N-dealkylation sites (tertiary alicyclic amines) is 1. The maximum Gasteiger partial charge on any atom is 0.410 e. The van der Waals surface area contributed by atoms with Crippen LogP contribution in [0.2, 0.25) is 0 Å². The lowest BCUT2D eigenvalue weighted by Crippen LogP contribution is -2.44. The van der Waals surface area contributed by atoms with Crippen molar-refractivity contribution in [3.63, 3.8) is 0 Å². The van der Waals surface area contributed by atoms with Crippen LogP contribution in [0.4, 0.5) is 10.5 Å². The Bertz CT molecular complexity index is 1480. The van der Waals surface area contributed by atoms with Crippen LogP contribution in [0.3, 0.4) is 0 Å². The van der Waals surface area contributed by atoms with Crippen LogP contribution in [0.15, 0.2) is 48.5 Å². The maximum atomic E-state index is 13.5. The van der Waals surface area contributed by atoms with Crippen LogP contribution in [0.1, 0.15) is 77.0 Å². The van der Waals surface area contributed by atoms with Crippen molar-refractivity contribution < 1.29 is 32.2 Å². The van der Waals surface area contributed by atoms with Gasteiger partial charge in [0.05, 0.1) is 30.5 Å². The number of hydrogen-bond donors (Lipinski definition) is 0. The molecular weight excluding hydrogens is 582 g/mol. The summed E-state index contributed by atoms with van der Waals surface area (Å²) >= 11 is 0. The average molecular weight is 626 g/mol. The fourth-order valence-electron chi connectivity index (χ4n) is 4.72. The third kappa shape index (κ3) is 10.0. The number of benzene rings is 2. The number of anilines is 1. The first-order valence-electron chi connectivity index (χ1n) is 14.8. The van der Waals surface area contributed by atoms with E-state index in [0.29, 0.717) is 42.9 Å². The molecule has 1 aliphatic rings. The van der Waals surface area contributed by atoms with Crippen molar-refractivity contribution in [2.75, 3.05) is 36.3 Å². The summed E-state index contributed by atoms with van der Waals surface area (Å²) in [7, 11) is -4.11. The van der Waals surface area contributed by atoms with Gasteiger partial charge in [0.2, 0.25) is 10.0 Å². The summed E-state index contributed by atoms with van der Waals surface area (Å²) in [6, 6.07) is 14.3. The SMILES string of the molecule is CCOC(=O)CS(=O)(=O)N(CC=Cc1cccc(C#N)c1)c1ccc(OC2CCN(C(=O)OC(C)(C)C)CC2)c(C(C)C)c1. The molecule has 0 N–H and O–H groups in total. The number of amides is 1. The number of carbonyl (C=O) groups is 2. The van der Waals surface area contributed by atoms with Gasteiger partial charge in [0, 0.05) is 25.9 Å². The molecule has 2 aromatic carbocycles. The second kappa shape index (κ2) is 15.1. The number of esters is 1. The van der Waals surface area contributed by atoms with Gasteiger partial charge in [0.1, 0.15) is 17.5 Å². The van der Waals surface area contributed by atoms with Crippen LogP contribution in [-0.2, 0) is 24.3 Å². The molecule has 0 saturated carbocycles. The number of nitrogens with zero attached hydrogens (tertiary/aromatic N) is 3. The number of piperidine rings is 1. The van der Waals surface area contributed by atoms with Crippen molar-refractivity contribution in [1.82, 2.24) is 4.90 Å². The topological polar surface area (TPSA) is 126 Å². The Morgan fingerprint density at radius 2 is 1.84 bits per heavy atom. The smallest absolute Gasteiger partial charge is 0.410 e. The molecule has 3 rings (SSSR count). The molecule has 0 aliphatic carbocycles. The lowest BCUT2D eigenvalue weighted by Gasteiger charge is -2.34. The number of ether oxygens (including phenoxy) is 3. The summed E-state index contributed by atoms with van der Waals surface area (Å²) in [6.07, 6.45) is 4.23. The van der Waals surface area contributed by atoms with Crippen LogP contribution < -0.4 is 9.04 Å². The molecule has 10 nitrogen and oxygen atoms in total. The summed E-state index contributed by atoms with van der Waals surface area (Å²) in [4.78, 5) is 26.4. The van der Waals surface area contributed by atoms with Gasteiger partial charge in [-0.25, -0.2) is 13.2 Å². The van der Waals surface area contributed by atoms with Gasteiger partial charge in [-0.2, -0.15) is 5.26 Å². The monoisotopic (exact) mass is 625 g/mol. The number of sulfonamides is 1. The van der Waals surface area contributed by atoms with Crippen LogP contribution in [0.25, 0.3) is 6.08 Å².